The molecule has 8 nitrogen and oxygen atoms in total. The molecule has 0 aliphatic carbocycles. The summed E-state index contributed by atoms with van der Waals surface area (Å²) in [5, 5.41) is 2.60. The molecule has 1 aliphatic heterocycles. The molecule has 9 heteroatoms. The monoisotopic (exact) mass is 345 g/mol. The summed E-state index contributed by atoms with van der Waals surface area (Å²) in [6.07, 6.45) is 2.29. The minimum Gasteiger partial charge on any atom is -0.451 e. The van der Waals surface area contributed by atoms with Crippen LogP contribution in [0.5, 0.6) is 0 Å². The molecule has 0 radical (unpaired) electrons. The van der Waals surface area contributed by atoms with E-state index in [1.165, 1.54) is 36.4 Å². The highest BCUT2D eigenvalue weighted by Gasteiger charge is 2.38. The van der Waals surface area contributed by atoms with Crippen molar-refractivity contribution in [1.29, 1.82) is 0 Å². The molecule has 3 N–H and O–H groups in total. The van der Waals surface area contributed by atoms with Gasteiger partial charge < -0.3 is 15.5 Å². The maximum Gasteiger partial charge on any atom is 0.277 e. The molecule has 1 aliphatic rings. The molecule has 0 bridgehead atoms. The number of halogens is 1. The number of guanidine groups is 1. The van der Waals surface area contributed by atoms with Gasteiger partial charge in [0.25, 0.3) is 5.91 Å². The molecule has 0 saturated carbocycles. The normalized spacial score (nSPS) is 20.4. The lowest BCUT2D eigenvalue weighted by Gasteiger charge is -2.34. The zero-order chi connectivity index (χ0) is 18.2. The number of nitrogens with one attached hydrogen (secondary N) is 1. The number of oxazole rings is 1. The van der Waals surface area contributed by atoms with Crippen molar-refractivity contribution in [2.24, 2.45) is 10.7 Å². The zero-order valence-electron chi connectivity index (χ0n) is 13.6. The Kier molecular flexibility index (Phi) is 3.99. The Morgan fingerprint density at radius 1 is 1.48 bits per heavy atom. The average Bonchev–Trinajstić information content (AvgIpc) is 3.09. The van der Waals surface area contributed by atoms with Crippen LogP contribution in [-0.2, 0) is 10.3 Å². The van der Waals surface area contributed by atoms with E-state index in [-0.39, 0.29) is 29.5 Å². The Bertz CT molecular complexity index is 865. The average molecular weight is 345 g/mol. The van der Waals surface area contributed by atoms with Crippen LogP contribution in [0, 0.1) is 5.82 Å². The molecule has 1 aromatic carbocycles. The minimum atomic E-state index is -1.16. The molecule has 3 rings (SSSR count). The van der Waals surface area contributed by atoms with Crippen LogP contribution in [0.1, 0.15) is 29.4 Å². The van der Waals surface area contributed by atoms with Gasteiger partial charge in [0.2, 0.25) is 5.91 Å². The van der Waals surface area contributed by atoms with Crippen LogP contribution >= 0.6 is 0 Å². The van der Waals surface area contributed by atoms with Crippen molar-refractivity contribution in [3.63, 3.8) is 0 Å². The first-order valence-corrected chi connectivity index (χ1v) is 7.41. The quantitative estimate of drug-likeness (QED) is 0.874. The van der Waals surface area contributed by atoms with Crippen LogP contribution in [-0.4, -0.2) is 34.7 Å². The van der Waals surface area contributed by atoms with E-state index in [2.05, 4.69) is 15.3 Å². The van der Waals surface area contributed by atoms with Crippen LogP contribution < -0.4 is 11.1 Å². The van der Waals surface area contributed by atoms with Crippen molar-refractivity contribution < 1.29 is 18.4 Å². The van der Waals surface area contributed by atoms with E-state index in [9.17, 15) is 14.0 Å². The second kappa shape index (κ2) is 6.00. The molecule has 2 heterocycles. The van der Waals surface area contributed by atoms with Crippen molar-refractivity contribution in [3.8, 4) is 0 Å². The maximum absolute atomic E-state index is 14.4. The van der Waals surface area contributed by atoms with Gasteiger partial charge in [-0.05, 0) is 25.1 Å². The number of anilines is 1. The van der Waals surface area contributed by atoms with Crippen LogP contribution in [0.3, 0.4) is 0 Å². The van der Waals surface area contributed by atoms with Gasteiger partial charge in [-0.15, -0.1) is 0 Å². The van der Waals surface area contributed by atoms with E-state index >= 15 is 0 Å². The second-order valence-electron chi connectivity index (χ2n) is 5.90. The Balaban J connectivity index is 1.95. The Hall–Kier alpha value is -3.23. The van der Waals surface area contributed by atoms with Crippen molar-refractivity contribution in [2.75, 3.05) is 12.4 Å². The number of hydrogen-bond acceptors (Lipinski definition) is 6. The van der Waals surface area contributed by atoms with Gasteiger partial charge in [-0.25, -0.2) is 14.4 Å². The predicted molar refractivity (Wildman–Crippen MR) is 87.2 cm³/mol. The maximum atomic E-state index is 14.4. The molecular weight excluding hydrogens is 329 g/mol. The van der Waals surface area contributed by atoms with Gasteiger partial charge in [0, 0.05) is 18.3 Å². The van der Waals surface area contributed by atoms with E-state index in [1.54, 1.807) is 6.92 Å². The fraction of sp³-hybridized carbons (Fsp3) is 0.250. The van der Waals surface area contributed by atoms with Crippen molar-refractivity contribution in [2.45, 2.75) is 18.9 Å². The second-order valence-corrected chi connectivity index (χ2v) is 5.90. The molecule has 0 fully saturated rings. The summed E-state index contributed by atoms with van der Waals surface area (Å²) in [6, 6.07) is 4.04. The van der Waals surface area contributed by atoms with Gasteiger partial charge in [0.15, 0.2) is 18.0 Å². The van der Waals surface area contributed by atoms with E-state index in [4.69, 9.17) is 10.2 Å². The highest BCUT2D eigenvalue weighted by Crippen LogP contribution is 2.35. The topological polar surface area (TPSA) is 114 Å². The smallest absolute Gasteiger partial charge is 0.277 e. The number of nitrogens with zero attached hydrogens (tertiary/aromatic N) is 3. The molecule has 0 saturated heterocycles. The number of carbonyl (C=O) groups is 2. The third kappa shape index (κ3) is 3.08. The third-order valence-corrected chi connectivity index (χ3v) is 4.04. The molecule has 130 valence electrons. The van der Waals surface area contributed by atoms with Crippen LogP contribution in [0.15, 0.2) is 40.3 Å². The number of hydrogen-bond donors (Lipinski definition) is 2. The van der Waals surface area contributed by atoms with Crippen molar-refractivity contribution >= 4 is 23.5 Å². The number of aromatic nitrogens is 1. The van der Waals surface area contributed by atoms with Crippen LogP contribution in [0.4, 0.5) is 10.1 Å². The van der Waals surface area contributed by atoms with Crippen molar-refractivity contribution in [3.05, 3.63) is 47.9 Å². The van der Waals surface area contributed by atoms with Gasteiger partial charge in [-0.1, -0.05) is 0 Å². The Morgan fingerprint density at radius 3 is 2.88 bits per heavy atom. The molecule has 25 heavy (non-hydrogen) atoms. The Labute approximate surface area is 142 Å². The Morgan fingerprint density at radius 2 is 2.24 bits per heavy atom. The largest absolute Gasteiger partial charge is 0.451 e. The van der Waals surface area contributed by atoms with Gasteiger partial charge in [-0.3, -0.25) is 14.5 Å². The number of carbonyl (C=O) groups excluding carboxylic acids is 2. The van der Waals surface area contributed by atoms with Gasteiger partial charge in [0.1, 0.15) is 12.1 Å². The first-order valence-electron chi connectivity index (χ1n) is 7.41. The lowest BCUT2D eigenvalue weighted by Crippen LogP contribution is -2.47. The lowest BCUT2D eigenvalue weighted by molar-refractivity contribution is -0.128. The summed E-state index contributed by atoms with van der Waals surface area (Å²) in [5.41, 5.74) is 5.19. The molecular formula is C16H16FN5O3. The van der Waals surface area contributed by atoms with Gasteiger partial charge in [0.05, 0.1) is 12.0 Å². The minimum absolute atomic E-state index is 0.00943. The standard InChI is InChI=1S/C16H16FN5O3/c1-16(6-13(23)22(2)15(18)21-16)10-5-9(3-4-11(10)17)20-14(24)12-7-25-8-19-12/h3-5,7-8H,6H2,1-2H3,(H2,18,21)(H,20,24). The van der Waals surface area contributed by atoms with Gasteiger partial charge >= 0.3 is 0 Å². The van der Waals surface area contributed by atoms with Crippen molar-refractivity contribution in [1.82, 2.24) is 9.88 Å². The fourth-order valence-electron chi connectivity index (χ4n) is 2.60. The van der Waals surface area contributed by atoms with E-state index in [0.29, 0.717) is 5.69 Å². The molecule has 1 atom stereocenters. The third-order valence-electron chi connectivity index (χ3n) is 4.04. The number of nitrogens with two attached hydrogens (primary N) is 1. The summed E-state index contributed by atoms with van der Waals surface area (Å²) in [7, 11) is 1.51. The highest BCUT2D eigenvalue weighted by molar-refractivity contribution is 6.02. The molecule has 1 unspecified atom stereocenters. The number of aliphatic imine (C=N–C) groups is 1. The summed E-state index contributed by atoms with van der Waals surface area (Å²) in [5.74, 6) is -1.31. The van der Waals surface area contributed by atoms with E-state index < -0.39 is 17.3 Å². The van der Waals surface area contributed by atoms with Crippen LogP contribution in [0.25, 0.3) is 0 Å². The first-order chi connectivity index (χ1) is 11.8. The van der Waals surface area contributed by atoms with E-state index in [1.807, 2.05) is 0 Å². The molecule has 1 aromatic heterocycles. The lowest BCUT2D eigenvalue weighted by atomic mass is 9.87. The number of rotatable bonds is 3. The fourth-order valence-corrected chi connectivity index (χ4v) is 2.60. The number of benzene rings is 1. The van der Waals surface area contributed by atoms with E-state index in [0.717, 1.165) is 6.39 Å². The zero-order valence-corrected chi connectivity index (χ0v) is 13.6. The number of amides is 2. The summed E-state index contributed by atoms with van der Waals surface area (Å²) in [4.78, 5) is 33.3. The SMILES string of the molecule is CN1C(=O)CC(C)(c2cc(NC(=O)c3cocn3)ccc2F)N=C1N. The molecule has 0 spiro atoms. The first kappa shape index (κ1) is 16.6. The molecule has 2 aromatic rings. The summed E-state index contributed by atoms with van der Waals surface area (Å²) >= 11 is 0. The predicted octanol–water partition coefficient (Wildman–Crippen LogP) is 1.46. The summed E-state index contributed by atoms with van der Waals surface area (Å²) in [6.45, 7) is 1.62. The summed E-state index contributed by atoms with van der Waals surface area (Å²) < 4.78 is 19.1. The van der Waals surface area contributed by atoms with Gasteiger partial charge in [-0.2, -0.15) is 0 Å². The van der Waals surface area contributed by atoms with Crippen LogP contribution in [0.2, 0.25) is 0 Å². The highest BCUT2D eigenvalue weighted by atomic mass is 19.1. The molecule has 2 amide bonds.